The van der Waals surface area contributed by atoms with E-state index in [1.54, 1.807) is 0 Å². The highest BCUT2D eigenvalue weighted by atomic mass is 19.1. The Hall–Kier alpha value is -1.64. The highest BCUT2D eigenvalue weighted by Crippen LogP contribution is 2.27. The molecule has 1 aromatic carbocycles. The summed E-state index contributed by atoms with van der Waals surface area (Å²) in [5.41, 5.74) is 2.55. The highest BCUT2D eigenvalue weighted by Gasteiger charge is 2.21. The van der Waals surface area contributed by atoms with Gasteiger partial charge in [-0.2, -0.15) is 0 Å². The third-order valence-corrected chi connectivity index (χ3v) is 3.31. The molecule has 0 saturated heterocycles. The number of aromatic nitrogens is 1. The molecule has 0 atom stereocenters. The monoisotopic (exact) mass is 247 g/mol. The van der Waals surface area contributed by atoms with Crippen LogP contribution in [-0.4, -0.2) is 17.0 Å². The van der Waals surface area contributed by atoms with Crippen molar-refractivity contribution in [2.24, 2.45) is 5.92 Å². The zero-order valence-electron chi connectivity index (χ0n) is 11.0. The number of rotatable bonds is 4. The van der Waals surface area contributed by atoms with Gasteiger partial charge in [0.05, 0.1) is 6.54 Å². The topological polar surface area (TPSA) is 22.0 Å². The lowest BCUT2D eigenvalue weighted by atomic mass is 9.98. The van der Waals surface area contributed by atoms with Crippen molar-refractivity contribution >= 4 is 16.7 Å². The van der Waals surface area contributed by atoms with Gasteiger partial charge in [-0.3, -0.25) is 4.79 Å². The van der Waals surface area contributed by atoms with Gasteiger partial charge >= 0.3 is 0 Å². The van der Waals surface area contributed by atoms with E-state index < -0.39 is 6.67 Å². The molecule has 0 spiro atoms. The van der Waals surface area contributed by atoms with Gasteiger partial charge in [0.1, 0.15) is 6.67 Å². The number of hydrogen-bond donors (Lipinski definition) is 0. The van der Waals surface area contributed by atoms with Crippen LogP contribution < -0.4 is 0 Å². The first kappa shape index (κ1) is 12.8. The molecule has 0 bridgehead atoms. The molecule has 1 aromatic heterocycles. The molecule has 0 unspecified atom stereocenters. The Balaban J connectivity index is 2.73. The largest absolute Gasteiger partial charge is 0.342 e. The maximum atomic E-state index is 12.6. The number of hydrogen-bond acceptors (Lipinski definition) is 1. The average Bonchev–Trinajstić information content (AvgIpc) is 2.62. The number of para-hydroxylation sites is 1. The van der Waals surface area contributed by atoms with Crippen LogP contribution in [0, 0.1) is 12.8 Å². The van der Waals surface area contributed by atoms with Crippen LogP contribution in [0.3, 0.4) is 0 Å². The van der Waals surface area contributed by atoms with Gasteiger partial charge in [-0.1, -0.05) is 32.0 Å². The van der Waals surface area contributed by atoms with Crippen molar-refractivity contribution in [3.63, 3.8) is 0 Å². The molecule has 0 amide bonds. The van der Waals surface area contributed by atoms with Gasteiger partial charge in [0.2, 0.25) is 0 Å². The maximum absolute atomic E-state index is 12.6. The summed E-state index contributed by atoms with van der Waals surface area (Å²) in [4.78, 5) is 12.3. The number of Topliss-reactive ketones (excluding diaryl/α,β-unsaturated/α-hetero) is 1. The first-order valence-electron chi connectivity index (χ1n) is 6.26. The van der Waals surface area contributed by atoms with Crippen molar-refractivity contribution in [2.45, 2.75) is 27.3 Å². The summed E-state index contributed by atoms with van der Waals surface area (Å²) in [5.74, 6) is 0.0784. The van der Waals surface area contributed by atoms with Gasteiger partial charge in [0.25, 0.3) is 0 Å². The number of ketones is 1. The molecule has 0 aliphatic rings. The molecule has 0 aliphatic carbocycles. The molecule has 0 saturated carbocycles. The van der Waals surface area contributed by atoms with Crippen LogP contribution in [0.4, 0.5) is 4.39 Å². The van der Waals surface area contributed by atoms with Gasteiger partial charge in [-0.15, -0.1) is 0 Å². The summed E-state index contributed by atoms with van der Waals surface area (Å²) in [5, 5.41) is 0.933. The lowest BCUT2D eigenvalue weighted by molar-refractivity contribution is 0.0940. The van der Waals surface area contributed by atoms with Gasteiger partial charge in [0.15, 0.2) is 5.78 Å². The molecule has 0 radical (unpaired) electrons. The zero-order chi connectivity index (χ0) is 13.3. The molecule has 0 N–H and O–H groups in total. The predicted octanol–water partition coefficient (Wildman–Crippen LogP) is 3.76. The van der Waals surface area contributed by atoms with Gasteiger partial charge in [0, 0.05) is 28.1 Å². The summed E-state index contributed by atoms with van der Waals surface area (Å²) >= 11 is 0. The predicted molar refractivity (Wildman–Crippen MR) is 71.8 cm³/mol. The second-order valence-electron chi connectivity index (χ2n) is 4.84. The van der Waals surface area contributed by atoms with E-state index in [9.17, 15) is 9.18 Å². The Morgan fingerprint density at radius 3 is 2.61 bits per heavy atom. The number of carbonyl (C=O) groups is 1. The van der Waals surface area contributed by atoms with Crippen LogP contribution in [0.5, 0.6) is 0 Å². The fraction of sp³-hybridized carbons (Fsp3) is 0.400. The maximum Gasteiger partial charge on any atom is 0.167 e. The number of carbonyl (C=O) groups excluding carboxylic acids is 1. The highest BCUT2D eigenvalue weighted by molar-refractivity contribution is 6.10. The number of alkyl halides is 1. The van der Waals surface area contributed by atoms with E-state index in [-0.39, 0.29) is 11.7 Å². The molecule has 2 aromatic rings. The minimum absolute atomic E-state index is 0.0478. The summed E-state index contributed by atoms with van der Waals surface area (Å²) in [6, 6.07) is 7.71. The molecule has 18 heavy (non-hydrogen) atoms. The standard InChI is InChI=1S/C15H18FNO/c1-10(2)15(18)14-11(3)17(9-8-16)13-7-5-4-6-12(13)14/h4-7,10H,8-9H2,1-3H3. The average molecular weight is 247 g/mol. The van der Waals surface area contributed by atoms with Crippen LogP contribution in [0.15, 0.2) is 24.3 Å². The fourth-order valence-electron chi connectivity index (χ4n) is 2.40. The SMILES string of the molecule is Cc1c(C(=O)C(C)C)c2ccccc2n1CCF. The van der Waals surface area contributed by atoms with Crippen molar-refractivity contribution in [3.8, 4) is 0 Å². The quantitative estimate of drug-likeness (QED) is 0.754. The lowest BCUT2D eigenvalue weighted by Crippen LogP contribution is -2.10. The minimum Gasteiger partial charge on any atom is -0.342 e. The Morgan fingerprint density at radius 2 is 2.00 bits per heavy atom. The van der Waals surface area contributed by atoms with E-state index in [2.05, 4.69) is 0 Å². The summed E-state index contributed by atoms with van der Waals surface area (Å²) in [6.07, 6.45) is 0. The minimum atomic E-state index is -0.422. The fourth-order valence-corrected chi connectivity index (χ4v) is 2.40. The third kappa shape index (κ3) is 1.94. The molecule has 0 aliphatic heterocycles. The Labute approximate surface area is 106 Å². The molecule has 1 heterocycles. The lowest BCUT2D eigenvalue weighted by Gasteiger charge is -2.06. The van der Waals surface area contributed by atoms with Crippen molar-refractivity contribution in [2.75, 3.05) is 6.67 Å². The molecular weight excluding hydrogens is 229 g/mol. The molecule has 0 fully saturated rings. The summed E-state index contributed by atoms with van der Waals surface area (Å²) in [6.45, 7) is 5.56. The van der Waals surface area contributed by atoms with Gasteiger partial charge in [-0.05, 0) is 13.0 Å². The summed E-state index contributed by atoms with van der Waals surface area (Å²) in [7, 11) is 0. The number of aryl methyl sites for hydroxylation is 1. The van der Waals surface area contributed by atoms with Crippen molar-refractivity contribution in [3.05, 3.63) is 35.5 Å². The second kappa shape index (κ2) is 4.92. The van der Waals surface area contributed by atoms with Crippen molar-refractivity contribution < 1.29 is 9.18 Å². The van der Waals surface area contributed by atoms with Crippen LogP contribution in [-0.2, 0) is 6.54 Å². The number of halogens is 1. The second-order valence-corrected chi connectivity index (χ2v) is 4.84. The molecule has 2 nitrogen and oxygen atoms in total. The smallest absolute Gasteiger partial charge is 0.167 e. The zero-order valence-corrected chi connectivity index (χ0v) is 11.0. The van der Waals surface area contributed by atoms with Crippen LogP contribution in [0.2, 0.25) is 0 Å². The van der Waals surface area contributed by atoms with E-state index in [0.29, 0.717) is 6.54 Å². The van der Waals surface area contributed by atoms with Crippen LogP contribution in [0.1, 0.15) is 29.9 Å². The van der Waals surface area contributed by atoms with E-state index in [1.807, 2.05) is 49.6 Å². The van der Waals surface area contributed by atoms with Gasteiger partial charge < -0.3 is 4.57 Å². The van der Waals surface area contributed by atoms with E-state index in [1.165, 1.54) is 0 Å². The van der Waals surface area contributed by atoms with E-state index in [0.717, 1.165) is 22.2 Å². The molecule has 96 valence electrons. The first-order chi connectivity index (χ1) is 8.57. The molecule has 2 rings (SSSR count). The van der Waals surface area contributed by atoms with E-state index >= 15 is 0 Å². The van der Waals surface area contributed by atoms with Crippen molar-refractivity contribution in [1.82, 2.24) is 4.57 Å². The Bertz CT molecular complexity index is 583. The normalized spacial score (nSPS) is 11.4. The Morgan fingerprint density at radius 1 is 1.33 bits per heavy atom. The number of fused-ring (bicyclic) bond motifs is 1. The van der Waals surface area contributed by atoms with Crippen LogP contribution in [0.25, 0.3) is 10.9 Å². The molecular formula is C15H18FNO. The van der Waals surface area contributed by atoms with Crippen LogP contribution >= 0.6 is 0 Å². The third-order valence-electron chi connectivity index (χ3n) is 3.31. The van der Waals surface area contributed by atoms with Gasteiger partial charge in [-0.25, -0.2) is 4.39 Å². The number of benzene rings is 1. The van der Waals surface area contributed by atoms with E-state index in [4.69, 9.17) is 0 Å². The summed E-state index contributed by atoms with van der Waals surface area (Å²) < 4.78 is 14.5. The molecule has 3 heteroatoms. The Kier molecular flexibility index (Phi) is 3.50. The van der Waals surface area contributed by atoms with Crippen molar-refractivity contribution in [1.29, 1.82) is 0 Å². The number of nitrogens with zero attached hydrogens (tertiary/aromatic N) is 1. The first-order valence-corrected chi connectivity index (χ1v) is 6.26.